The Morgan fingerprint density at radius 1 is 1.05 bits per heavy atom. The van der Waals surface area contributed by atoms with E-state index < -0.39 is 0 Å². The number of nitrogens with zero attached hydrogens (tertiary/aromatic N) is 3. The molecule has 0 bridgehead atoms. The molecule has 0 N–H and O–H groups in total. The average molecular weight is 271 g/mol. The lowest BCUT2D eigenvalue weighted by Gasteiger charge is -2.34. The highest BCUT2D eigenvalue weighted by Crippen LogP contribution is 2.21. The molecule has 0 spiro atoms. The lowest BCUT2D eigenvalue weighted by atomic mass is 10.1. The summed E-state index contributed by atoms with van der Waals surface area (Å²) in [5, 5.41) is 0.811. The molecule has 3 rings (SSSR count). The number of hydrogen-bond donors (Lipinski definition) is 0. The van der Waals surface area contributed by atoms with Crippen LogP contribution in [0.1, 0.15) is 5.56 Å². The summed E-state index contributed by atoms with van der Waals surface area (Å²) in [6.07, 6.45) is 1.92. The molecule has 4 nitrogen and oxygen atoms in total. The van der Waals surface area contributed by atoms with Crippen molar-refractivity contribution < 1.29 is 0 Å². The fourth-order valence-electron chi connectivity index (χ4n) is 2.90. The first-order valence-corrected chi connectivity index (χ1v) is 7.10. The number of likely N-dealkylation sites (N-methyl/N-ethyl adjacent to an activating group) is 1. The van der Waals surface area contributed by atoms with Gasteiger partial charge in [-0.15, -0.1) is 0 Å². The topological polar surface area (TPSA) is 28.5 Å². The van der Waals surface area contributed by atoms with E-state index in [2.05, 4.69) is 29.0 Å². The minimum atomic E-state index is 0.142. The Labute approximate surface area is 119 Å². The maximum Gasteiger partial charge on any atom is 0.192 e. The van der Waals surface area contributed by atoms with E-state index in [1.54, 1.807) is 0 Å². The number of aromatic nitrogens is 1. The first-order valence-electron chi connectivity index (χ1n) is 7.10. The van der Waals surface area contributed by atoms with Crippen LogP contribution in [0.5, 0.6) is 0 Å². The summed E-state index contributed by atoms with van der Waals surface area (Å²) in [5.74, 6) is 0. The van der Waals surface area contributed by atoms with Crippen LogP contribution < -0.4 is 10.3 Å². The minimum absolute atomic E-state index is 0.142. The maximum atomic E-state index is 12.2. The van der Waals surface area contributed by atoms with Crippen molar-refractivity contribution in [3.63, 3.8) is 0 Å². The molecule has 0 saturated carbocycles. The number of aryl methyl sites for hydroxylation is 2. The molecule has 1 aliphatic heterocycles. The number of hydrogen-bond acceptors (Lipinski definition) is 3. The molecular weight excluding hydrogens is 250 g/mol. The van der Waals surface area contributed by atoms with Crippen LogP contribution in [0, 0.1) is 6.92 Å². The summed E-state index contributed by atoms with van der Waals surface area (Å²) in [6, 6.07) is 6.19. The van der Waals surface area contributed by atoms with Crippen LogP contribution in [0.15, 0.2) is 29.2 Å². The normalized spacial score (nSPS) is 16.9. The van der Waals surface area contributed by atoms with Gasteiger partial charge in [-0.05, 0) is 32.2 Å². The number of anilines is 1. The number of benzene rings is 1. The largest absolute Gasteiger partial charge is 0.369 e. The SMILES string of the molecule is Cc1cn(C)c2cc(N3CCN(C)CC3)ccc2c1=O. The van der Waals surface area contributed by atoms with E-state index >= 15 is 0 Å². The molecule has 0 unspecified atom stereocenters. The summed E-state index contributed by atoms with van der Waals surface area (Å²) < 4.78 is 2.05. The monoisotopic (exact) mass is 271 g/mol. The summed E-state index contributed by atoms with van der Waals surface area (Å²) >= 11 is 0. The lowest BCUT2D eigenvalue weighted by molar-refractivity contribution is 0.313. The Balaban J connectivity index is 2.05. The van der Waals surface area contributed by atoms with Gasteiger partial charge in [0.25, 0.3) is 0 Å². The molecule has 4 heteroatoms. The molecule has 0 atom stereocenters. The highest BCUT2D eigenvalue weighted by molar-refractivity contribution is 5.83. The molecule has 2 aromatic rings. The van der Waals surface area contributed by atoms with Crippen LogP contribution in [-0.2, 0) is 7.05 Å². The molecule has 1 aliphatic rings. The van der Waals surface area contributed by atoms with Crippen LogP contribution in [0.4, 0.5) is 5.69 Å². The Hall–Kier alpha value is -1.81. The molecule has 106 valence electrons. The zero-order valence-corrected chi connectivity index (χ0v) is 12.4. The van der Waals surface area contributed by atoms with E-state index in [1.807, 2.05) is 30.8 Å². The van der Waals surface area contributed by atoms with E-state index in [0.717, 1.165) is 42.6 Å². The van der Waals surface area contributed by atoms with Crippen LogP contribution in [0.3, 0.4) is 0 Å². The van der Waals surface area contributed by atoms with Crippen LogP contribution in [0.25, 0.3) is 10.9 Å². The number of fused-ring (bicyclic) bond motifs is 1. The molecule has 0 amide bonds. The molecule has 1 fully saturated rings. The molecule has 2 heterocycles. The van der Waals surface area contributed by atoms with E-state index in [0.29, 0.717) is 0 Å². The van der Waals surface area contributed by atoms with Crippen LogP contribution in [-0.4, -0.2) is 42.7 Å². The van der Waals surface area contributed by atoms with E-state index in [-0.39, 0.29) is 5.43 Å². The Kier molecular flexibility index (Phi) is 3.26. The third-order valence-corrected chi connectivity index (χ3v) is 4.22. The van der Waals surface area contributed by atoms with Crippen molar-refractivity contribution in [2.75, 3.05) is 38.1 Å². The van der Waals surface area contributed by atoms with Gasteiger partial charge in [-0.25, -0.2) is 0 Å². The van der Waals surface area contributed by atoms with Crippen molar-refractivity contribution in [3.8, 4) is 0 Å². The van der Waals surface area contributed by atoms with Gasteiger partial charge in [0.05, 0.1) is 5.52 Å². The molecule has 0 aliphatic carbocycles. The smallest absolute Gasteiger partial charge is 0.192 e. The third kappa shape index (κ3) is 2.20. The number of pyridine rings is 1. The van der Waals surface area contributed by atoms with Gasteiger partial charge in [0, 0.05) is 56.1 Å². The van der Waals surface area contributed by atoms with Gasteiger partial charge >= 0.3 is 0 Å². The second kappa shape index (κ2) is 4.94. The molecule has 20 heavy (non-hydrogen) atoms. The summed E-state index contributed by atoms with van der Waals surface area (Å²) in [4.78, 5) is 16.9. The van der Waals surface area contributed by atoms with Gasteiger partial charge in [-0.2, -0.15) is 0 Å². The molecule has 1 aromatic heterocycles. The Bertz CT molecular complexity index is 697. The van der Waals surface area contributed by atoms with E-state index in [9.17, 15) is 4.79 Å². The van der Waals surface area contributed by atoms with Crippen molar-refractivity contribution >= 4 is 16.6 Å². The van der Waals surface area contributed by atoms with Crippen LogP contribution in [0.2, 0.25) is 0 Å². The first-order chi connectivity index (χ1) is 9.56. The second-order valence-electron chi connectivity index (χ2n) is 5.74. The van der Waals surface area contributed by atoms with Crippen molar-refractivity contribution in [2.24, 2.45) is 7.05 Å². The minimum Gasteiger partial charge on any atom is -0.369 e. The van der Waals surface area contributed by atoms with Crippen molar-refractivity contribution in [1.29, 1.82) is 0 Å². The maximum absolute atomic E-state index is 12.2. The molecule has 1 saturated heterocycles. The zero-order chi connectivity index (χ0) is 14.3. The van der Waals surface area contributed by atoms with E-state index in [1.165, 1.54) is 5.69 Å². The predicted octanol–water partition coefficient (Wildman–Crippen LogP) is 1.60. The van der Waals surface area contributed by atoms with Gasteiger partial charge in [-0.1, -0.05) is 0 Å². The highest BCUT2D eigenvalue weighted by atomic mass is 16.1. The third-order valence-electron chi connectivity index (χ3n) is 4.22. The standard InChI is InChI=1S/C16H21N3O/c1-12-11-18(3)15-10-13(4-5-14(15)16(12)20)19-8-6-17(2)7-9-19/h4-5,10-11H,6-9H2,1-3H3. The van der Waals surface area contributed by atoms with Crippen molar-refractivity contribution in [3.05, 3.63) is 40.2 Å². The fourth-order valence-corrected chi connectivity index (χ4v) is 2.90. The quantitative estimate of drug-likeness (QED) is 0.789. The molecule has 0 radical (unpaired) electrons. The van der Waals surface area contributed by atoms with Gasteiger partial charge in [0.2, 0.25) is 0 Å². The average Bonchev–Trinajstić information content (AvgIpc) is 2.45. The van der Waals surface area contributed by atoms with Gasteiger partial charge < -0.3 is 14.4 Å². The Morgan fingerprint density at radius 3 is 2.45 bits per heavy atom. The fraction of sp³-hybridized carbons (Fsp3) is 0.438. The molecular formula is C16H21N3O. The van der Waals surface area contributed by atoms with Crippen molar-refractivity contribution in [2.45, 2.75) is 6.92 Å². The highest BCUT2D eigenvalue weighted by Gasteiger charge is 2.15. The summed E-state index contributed by atoms with van der Waals surface area (Å²) in [7, 11) is 4.16. The Morgan fingerprint density at radius 2 is 1.75 bits per heavy atom. The van der Waals surface area contributed by atoms with E-state index in [4.69, 9.17) is 0 Å². The number of piperazine rings is 1. The van der Waals surface area contributed by atoms with Crippen molar-refractivity contribution in [1.82, 2.24) is 9.47 Å². The van der Waals surface area contributed by atoms with Gasteiger partial charge in [-0.3, -0.25) is 4.79 Å². The summed E-state index contributed by atoms with van der Waals surface area (Å²) in [6.45, 7) is 6.13. The lowest BCUT2D eigenvalue weighted by Crippen LogP contribution is -2.44. The zero-order valence-electron chi connectivity index (χ0n) is 12.4. The molecule has 1 aromatic carbocycles. The van der Waals surface area contributed by atoms with Gasteiger partial charge in [0.1, 0.15) is 0 Å². The summed E-state index contributed by atoms with van der Waals surface area (Å²) in [5.41, 5.74) is 3.16. The second-order valence-corrected chi connectivity index (χ2v) is 5.74. The van der Waals surface area contributed by atoms with Gasteiger partial charge in [0.15, 0.2) is 5.43 Å². The first kappa shape index (κ1) is 13.2. The van der Waals surface area contributed by atoms with Crippen LogP contribution >= 0.6 is 0 Å². The predicted molar refractivity (Wildman–Crippen MR) is 83.6 cm³/mol. The number of rotatable bonds is 1.